The number of fused-ring (bicyclic) bond motifs is 1. The van der Waals surface area contributed by atoms with Crippen molar-refractivity contribution in [2.75, 3.05) is 18.1 Å². The highest BCUT2D eigenvalue weighted by atomic mass is 35.5. The normalized spacial score (nSPS) is 13.7. The molecule has 0 aliphatic carbocycles. The molecule has 0 saturated heterocycles. The van der Waals surface area contributed by atoms with Gasteiger partial charge in [0, 0.05) is 0 Å². The maximum Gasteiger partial charge on any atom is 0.326 e. The average molecular weight is 302 g/mol. The third-order valence-corrected chi connectivity index (χ3v) is 3.41. The Morgan fingerprint density at radius 1 is 1.32 bits per heavy atom. The Kier molecular flexibility index (Phi) is 3.78. The number of ketones is 1. The van der Waals surface area contributed by atoms with Gasteiger partial charge in [-0.25, -0.2) is 0 Å². The molecule has 7 heteroatoms. The zero-order valence-electron chi connectivity index (χ0n) is 9.91. The number of hydrogen-bond acceptors (Lipinski definition) is 4. The monoisotopic (exact) mass is 301 g/mol. The molecule has 0 fully saturated rings. The van der Waals surface area contributed by atoms with Crippen molar-refractivity contribution in [1.29, 1.82) is 0 Å². The van der Waals surface area contributed by atoms with Crippen molar-refractivity contribution < 1.29 is 19.1 Å². The predicted molar refractivity (Wildman–Crippen MR) is 69.8 cm³/mol. The minimum atomic E-state index is -0.813. The van der Waals surface area contributed by atoms with Crippen molar-refractivity contribution in [3.63, 3.8) is 0 Å². The number of rotatable bonds is 3. The summed E-state index contributed by atoms with van der Waals surface area (Å²) in [5.74, 6) is -2.14. The van der Waals surface area contributed by atoms with E-state index in [0.29, 0.717) is 0 Å². The summed E-state index contributed by atoms with van der Waals surface area (Å²) in [6.45, 7) is 1.46. The molecule has 1 aromatic carbocycles. The molecule has 0 unspecified atom stereocenters. The molecule has 5 nitrogen and oxygen atoms in total. The lowest BCUT2D eigenvalue weighted by molar-refractivity contribution is -0.142. The summed E-state index contributed by atoms with van der Waals surface area (Å²) in [4.78, 5) is 36.0. The van der Waals surface area contributed by atoms with Crippen LogP contribution in [0.3, 0.4) is 0 Å². The third kappa shape index (κ3) is 2.31. The third-order valence-electron chi connectivity index (χ3n) is 2.62. The van der Waals surface area contributed by atoms with Crippen molar-refractivity contribution >= 4 is 46.5 Å². The van der Waals surface area contributed by atoms with Gasteiger partial charge in [0.1, 0.15) is 6.54 Å². The number of benzene rings is 1. The highest BCUT2D eigenvalue weighted by Gasteiger charge is 2.39. The number of nitrogens with zero attached hydrogens (tertiary/aromatic N) is 1. The number of hydrogen-bond donors (Lipinski definition) is 0. The SMILES string of the molecule is CCOC(=O)CN1C(=O)C(=O)c2ccc(Cl)c(Cl)c21. The van der Waals surface area contributed by atoms with Crippen LogP contribution >= 0.6 is 23.2 Å². The van der Waals surface area contributed by atoms with Crippen LogP contribution in [0.15, 0.2) is 12.1 Å². The van der Waals surface area contributed by atoms with Crippen molar-refractivity contribution in [1.82, 2.24) is 0 Å². The van der Waals surface area contributed by atoms with Gasteiger partial charge in [-0.3, -0.25) is 19.3 Å². The Morgan fingerprint density at radius 2 is 2.00 bits per heavy atom. The zero-order valence-corrected chi connectivity index (χ0v) is 11.4. The highest BCUT2D eigenvalue weighted by Crippen LogP contribution is 2.39. The lowest BCUT2D eigenvalue weighted by Gasteiger charge is -2.16. The Bertz CT molecular complexity index is 585. The van der Waals surface area contributed by atoms with Crippen LogP contribution in [0.25, 0.3) is 0 Å². The average Bonchev–Trinajstić information content (AvgIpc) is 2.60. The summed E-state index contributed by atoms with van der Waals surface area (Å²) in [5, 5.41) is 0.277. The largest absolute Gasteiger partial charge is 0.465 e. The molecule has 0 atom stereocenters. The van der Waals surface area contributed by atoms with Crippen LogP contribution in [-0.2, 0) is 14.3 Å². The molecule has 0 aromatic heterocycles. The second-order valence-corrected chi connectivity index (χ2v) is 4.57. The summed E-state index contributed by atoms with van der Waals surface area (Å²) in [5.41, 5.74) is 0.306. The first-order chi connectivity index (χ1) is 8.97. The van der Waals surface area contributed by atoms with E-state index in [1.54, 1.807) is 6.92 Å². The van der Waals surface area contributed by atoms with Crippen molar-refractivity contribution in [3.05, 3.63) is 27.7 Å². The van der Waals surface area contributed by atoms with Gasteiger partial charge in [-0.05, 0) is 19.1 Å². The van der Waals surface area contributed by atoms with Gasteiger partial charge in [0.15, 0.2) is 0 Å². The van der Waals surface area contributed by atoms with Gasteiger partial charge in [0.25, 0.3) is 11.7 Å². The number of carbonyl (C=O) groups excluding carboxylic acids is 3. The summed E-state index contributed by atoms with van der Waals surface area (Å²) >= 11 is 11.8. The van der Waals surface area contributed by atoms with Crippen molar-refractivity contribution in [3.8, 4) is 0 Å². The number of amides is 1. The van der Waals surface area contributed by atoms with Crippen molar-refractivity contribution in [2.45, 2.75) is 6.92 Å². The number of carbonyl (C=O) groups is 3. The van der Waals surface area contributed by atoms with E-state index in [4.69, 9.17) is 27.9 Å². The fourth-order valence-electron chi connectivity index (χ4n) is 1.81. The van der Waals surface area contributed by atoms with Gasteiger partial charge >= 0.3 is 5.97 Å². The smallest absolute Gasteiger partial charge is 0.326 e. The van der Waals surface area contributed by atoms with E-state index in [-0.39, 0.29) is 34.4 Å². The van der Waals surface area contributed by atoms with Crippen LogP contribution in [0, 0.1) is 0 Å². The van der Waals surface area contributed by atoms with E-state index in [1.165, 1.54) is 12.1 Å². The molecule has 1 aliphatic heterocycles. The molecule has 100 valence electrons. The molecule has 0 saturated carbocycles. The van der Waals surface area contributed by atoms with E-state index in [0.717, 1.165) is 4.90 Å². The Labute approximate surface area is 119 Å². The molecule has 19 heavy (non-hydrogen) atoms. The number of esters is 1. The van der Waals surface area contributed by atoms with Crippen LogP contribution in [0.4, 0.5) is 5.69 Å². The van der Waals surface area contributed by atoms with Gasteiger partial charge in [-0.15, -0.1) is 0 Å². The van der Waals surface area contributed by atoms with Gasteiger partial charge in [-0.1, -0.05) is 23.2 Å². The summed E-state index contributed by atoms with van der Waals surface area (Å²) in [6.07, 6.45) is 0. The lowest BCUT2D eigenvalue weighted by atomic mass is 10.1. The number of anilines is 1. The first-order valence-electron chi connectivity index (χ1n) is 5.47. The minimum Gasteiger partial charge on any atom is -0.465 e. The fraction of sp³-hybridized carbons (Fsp3) is 0.250. The van der Waals surface area contributed by atoms with E-state index >= 15 is 0 Å². The Morgan fingerprint density at radius 3 is 2.63 bits per heavy atom. The molecule has 1 aromatic rings. The molecule has 1 heterocycles. The zero-order chi connectivity index (χ0) is 14.2. The second-order valence-electron chi connectivity index (χ2n) is 3.78. The maximum atomic E-state index is 11.8. The second kappa shape index (κ2) is 5.19. The van der Waals surface area contributed by atoms with Crippen LogP contribution in [0.2, 0.25) is 10.0 Å². The van der Waals surface area contributed by atoms with Crippen LogP contribution < -0.4 is 4.90 Å². The molecule has 0 bridgehead atoms. The van der Waals surface area contributed by atoms with Crippen molar-refractivity contribution in [2.24, 2.45) is 0 Å². The number of Topliss-reactive ketones (excluding diaryl/α,β-unsaturated/α-hetero) is 1. The highest BCUT2D eigenvalue weighted by molar-refractivity contribution is 6.55. The Balaban J connectivity index is 2.43. The van der Waals surface area contributed by atoms with Gasteiger partial charge < -0.3 is 4.74 Å². The summed E-state index contributed by atoms with van der Waals surface area (Å²) < 4.78 is 4.75. The van der Waals surface area contributed by atoms with Crippen LogP contribution in [0.5, 0.6) is 0 Å². The van der Waals surface area contributed by atoms with Gasteiger partial charge in [-0.2, -0.15) is 0 Å². The van der Waals surface area contributed by atoms with E-state index in [1.807, 2.05) is 0 Å². The predicted octanol–water partition coefficient (Wildman–Crippen LogP) is 2.09. The first-order valence-corrected chi connectivity index (χ1v) is 6.22. The molecule has 0 N–H and O–H groups in total. The molecule has 0 spiro atoms. The number of halogens is 2. The van der Waals surface area contributed by atoms with Crippen LogP contribution in [-0.4, -0.2) is 30.8 Å². The fourth-order valence-corrected chi connectivity index (χ4v) is 2.23. The quantitative estimate of drug-likeness (QED) is 0.633. The molecular weight excluding hydrogens is 293 g/mol. The first kappa shape index (κ1) is 13.8. The van der Waals surface area contributed by atoms with Gasteiger partial charge in [0.2, 0.25) is 0 Å². The minimum absolute atomic E-state index is 0.0719. The van der Waals surface area contributed by atoms with Gasteiger partial charge in [0.05, 0.1) is 27.9 Å². The molecule has 0 radical (unpaired) electrons. The molecule has 2 rings (SSSR count). The number of ether oxygens (including phenoxy) is 1. The summed E-state index contributed by atoms with van der Waals surface area (Å²) in [6, 6.07) is 2.84. The topological polar surface area (TPSA) is 63.7 Å². The standard InChI is InChI=1S/C12H9Cl2NO4/c1-2-19-8(16)5-15-10-6(11(17)12(15)18)3-4-7(13)9(10)14/h3-4H,2,5H2,1H3. The molecular formula is C12H9Cl2NO4. The maximum absolute atomic E-state index is 11.8. The van der Waals surface area contributed by atoms with Crippen LogP contribution in [0.1, 0.15) is 17.3 Å². The summed E-state index contributed by atoms with van der Waals surface area (Å²) in [7, 11) is 0. The van der Waals surface area contributed by atoms with E-state index < -0.39 is 17.7 Å². The molecule has 1 amide bonds. The molecule has 1 aliphatic rings. The van der Waals surface area contributed by atoms with E-state index in [9.17, 15) is 14.4 Å². The lowest BCUT2D eigenvalue weighted by Crippen LogP contribution is -2.35. The Hall–Kier alpha value is -1.59. The van der Waals surface area contributed by atoms with E-state index in [2.05, 4.69) is 0 Å².